The third kappa shape index (κ3) is 10.9. The zero-order valence-corrected chi connectivity index (χ0v) is 18.8. The molecule has 0 spiro atoms. The summed E-state index contributed by atoms with van der Waals surface area (Å²) in [4.78, 5) is 4.69. The second kappa shape index (κ2) is 16.2. The van der Waals surface area contributed by atoms with Crippen molar-refractivity contribution in [2.45, 2.75) is 46.0 Å². The Morgan fingerprint density at radius 2 is 2.04 bits per heavy atom. The Hall–Kier alpha value is -1.02. The molecule has 0 fully saturated rings. The van der Waals surface area contributed by atoms with Gasteiger partial charge in [0.2, 0.25) is 0 Å². The van der Waals surface area contributed by atoms with Crippen LogP contribution in [-0.2, 0) is 6.42 Å². The molecule has 3 N–H and O–H groups in total. The maximum Gasteiger partial charge on any atom is 0.191 e. The summed E-state index contributed by atoms with van der Waals surface area (Å²) in [5.41, 5.74) is 1.29. The lowest BCUT2D eigenvalue weighted by Gasteiger charge is -2.15. The predicted molar refractivity (Wildman–Crippen MR) is 121 cm³/mol. The first-order valence-corrected chi connectivity index (χ1v) is 9.49. The summed E-state index contributed by atoms with van der Waals surface area (Å²) in [5.74, 6) is 2.24. The van der Waals surface area contributed by atoms with Crippen LogP contribution in [0.3, 0.4) is 0 Å². The molecular weight excluding hydrogens is 441 g/mol. The molecule has 6 heteroatoms. The van der Waals surface area contributed by atoms with Gasteiger partial charge in [0.15, 0.2) is 5.96 Å². The predicted octanol–water partition coefficient (Wildman–Crippen LogP) is 3.60. The van der Waals surface area contributed by atoms with Crippen LogP contribution in [0.25, 0.3) is 0 Å². The first-order chi connectivity index (χ1) is 12.2. The highest BCUT2D eigenvalue weighted by molar-refractivity contribution is 14.0. The molecule has 1 unspecified atom stereocenters. The molecule has 1 rings (SSSR count). The van der Waals surface area contributed by atoms with E-state index in [9.17, 15) is 0 Å². The smallest absolute Gasteiger partial charge is 0.191 e. The van der Waals surface area contributed by atoms with Gasteiger partial charge in [0, 0.05) is 26.2 Å². The number of aliphatic hydroxyl groups is 1. The zero-order valence-electron chi connectivity index (χ0n) is 16.5. The van der Waals surface area contributed by atoms with Crippen LogP contribution in [0.4, 0.5) is 0 Å². The minimum atomic E-state index is 0. The number of nitrogens with one attached hydrogen (secondary N) is 2. The molecule has 150 valence electrons. The fourth-order valence-corrected chi connectivity index (χ4v) is 2.81. The summed E-state index contributed by atoms with van der Waals surface area (Å²) in [6.07, 6.45) is 5.11. The number of benzene rings is 1. The highest BCUT2D eigenvalue weighted by atomic mass is 127. The van der Waals surface area contributed by atoms with E-state index in [1.165, 1.54) is 5.56 Å². The van der Waals surface area contributed by atoms with Crippen molar-refractivity contribution in [1.29, 1.82) is 0 Å². The number of halogens is 1. The van der Waals surface area contributed by atoms with Crippen LogP contribution >= 0.6 is 24.0 Å². The average Bonchev–Trinajstić information content (AvgIpc) is 2.63. The number of rotatable bonds is 12. The van der Waals surface area contributed by atoms with E-state index in [1.54, 1.807) is 7.11 Å². The van der Waals surface area contributed by atoms with Crippen LogP contribution < -0.4 is 15.4 Å². The van der Waals surface area contributed by atoms with Crippen LogP contribution in [-0.4, -0.2) is 44.4 Å². The van der Waals surface area contributed by atoms with E-state index in [-0.39, 0.29) is 30.6 Å². The van der Waals surface area contributed by atoms with E-state index >= 15 is 0 Å². The van der Waals surface area contributed by atoms with Crippen LogP contribution in [0.15, 0.2) is 29.3 Å². The van der Waals surface area contributed by atoms with Crippen molar-refractivity contribution >= 4 is 29.9 Å². The van der Waals surface area contributed by atoms with Gasteiger partial charge >= 0.3 is 0 Å². The first-order valence-electron chi connectivity index (χ1n) is 9.49. The van der Waals surface area contributed by atoms with Gasteiger partial charge in [-0.15, -0.1) is 24.0 Å². The summed E-state index contributed by atoms with van der Waals surface area (Å²) >= 11 is 0. The number of nitrogens with zero attached hydrogens (tertiary/aromatic N) is 1. The number of guanidine groups is 1. The molecule has 0 radical (unpaired) electrons. The molecule has 0 heterocycles. The average molecular weight is 477 g/mol. The van der Waals surface area contributed by atoms with E-state index in [0.29, 0.717) is 5.92 Å². The van der Waals surface area contributed by atoms with Crippen LogP contribution in [0.1, 0.15) is 45.1 Å². The molecule has 5 nitrogen and oxygen atoms in total. The fraction of sp³-hybridized carbons (Fsp3) is 0.650. The molecule has 0 aliphatic rings. The molecular formula is C20H36IN3O2. The highest BCUT2D eigenvalue weighted by Crippen LogP contribution is 2.13. The van der Waals surface area contributed by atoms with Crippen LogP contribution in [0, 0.1) is 5.92 Å². The molecule has 0 aliphatic carbocycles. The van der Waals surface area contributed by atoms with Gasteiger partial charge in [0.25, 0.3) is 0 Å². The molecule has 0 amide bonds. The van der Waals surface area contributed by atoms with Gasteiger partial charge in [-0.2, -0.15) is 0 Å². The number of ether oxygens (including phenoxy) is 1. The second-order valence-corrected chi connectivity index (χ2v) is 6.27. The van der Waals surface area contributed by atoms with Crippen LogP contribution in [0.2, 0.25) is 0 Å². The maximum atomic E-state index is 9.16. The molecule has 1 atom stereocenters. The van der Waals surface area contributed by atoms with Crippen molar-refractivity contribution in [2.24, 2.45) is 10.9 Å². The van der Waals surface area contributed by atoms with E-state index in [4.69, 9.17) is 9.84 Å². The van der Waals surface area contributed by atoms with Crippen molar-refractivity contribution < 1.29 is 9.84 Å². The van der Waals surface area contributed by atoms with E-state index in [1.807, 2.05) is 12.1 Å². The molecule has 0 aliphatic heterocycles. The monoisotopic (exact) mass is 477 g/mol. The second-order valence-electron chi connectivity index (χ2n) is 6.27. The summed E-state index contributed by atoms with van der Waals surface area (Å²) in [6, 6.07) is 8.22. The standard InChI is InChI=1S/C20H35N3O2.HI/c1-4-8-18(12-14-24)16-23-20(21-5-2)22-13-7-10-17-9-6-11-19(15-17)25-3;/h6,9,11,15,18,24H,4-5,7-8,10,12-14,16H2,1-3H3,(H2,21,22,23);1H. The Balaban J connectivity index is 0.00000625. The van der Waals surface area contributed by atoms with Gasteiger partial charge in [-0.1, -0.05) is 25.5 Å². The number of methoxy groups -OCH3 is 1. The minimum absolute atomic E-state index is 0. The number of hydrogen-bond donors (Lipinski definition) is 3. The number of aliphatic imine (C=N–C) groups is 1. The molecule has 1 aromatic carbocycles. The SMILES string of the molecule is CCCC(CCO)CN=C(NCC)NCCCc1cccc(OC)c1.I. The summed E-state index contributed by atoms with van der Waals surface area (Å²) in [7, 11) is 1.70. The van der Waals surface area contributed by atoms with E-state index in [0.717, 1.165) is 63.4 Å². The van der Waals surface area contributed by atoms with Crippen molar-refractivity contribution in [3.63, 3.8) is 0 Å². The summed E-state index contributed by atoms with van der Waals surface area (Å²) < 4.78 is 5.26. The van der Waals surface area contributed by atoms with Crippen molar-refractivity contribution in [1.82, 2.24) is 10.6 Å². The normalized spacial score (nSPS) is 12.2. The molecule has 26 heavy (non-hydrogen) atoms. The topological polar surface area (TPSA) is 65.9 Å². The molecule has 0 bridgehead atoms. The fourth-order valence-electron chi connectivity index (χ4n) is 2.81. The van der Waals surface area contributed by atoms with Gasteiger partial charge < -0.3 is 20.5 Å². The number of aliphatic hydroxyl groups excluding tert-OH is 1. The van der Waals surface area contributed by atoms with E-state index < -0.39 is 0 Å². The number of hydrogen-bond acceptors (Lipinski definition) is 3. The Labute approximate surface area is 176 Å². The third-order valence-corrected chi connectivity index (χ3v) is 4.15. The lowest BCUT2D eigenvalue weighted by atomic mass is 10.0. The molecule has 0 saturated heterocycles. The highest BCUT2D eigenvalue weighted by Gasteiger charge is 2.07. The minimum Gasteiger partial charge on any atom is -0.497 e. The van der Waals surface area contributed by atoms with Crippen molar-refractivity contribution in [2.75, 3.05) is 33.4 Å². The Kier molecular flexibility index (Phi) is 15.5. The van der Waals surface area contributed by atoms with E-state index in [2.05, 4.69) is 41.6 Å². The Morgan fingerprint density at radius 1 is 1.23 bits per heavy atom. The lowest BCUT2D eigenvalue weighted by Crippen LogP contribution is -2.38. The summed E-state index contributed by atoms with van der Waals surface area (Å²) in [5, 5.41) is 15.9. The van der Waals surface area contributed by atoms with Gasteiger partial charge in [-0.05, 0) is 56.2 Å². The lowest BCUT2D eigenvalue weighted by molar-refractivity contribution is 0.253. The first kappa shape index (κ1) is 25.0. The summed E-state index contributed by atoms with van der Waals surface area (Å²) in [6.45, 7) is 6.98. The Bertz CT molecular complexity index is 492. The van der Waals surface area contributed by atoms with Crippen molar-refractivity contribution in [3.8, 4) is 5.75 Å². The largest absolute Gasteiger partial charge is 0.497 e. The van der Waals surface area contributed by atoms with Gasteiger partial charge in [0.1, 0.15) is 5.75 Å². The van der Waals surface area contributed by atoms with Gasteiger partial charge in [0.05, 0.1) is 7.11 Å². The zero-order chi connectivity index (χ0) is 18.3. The Morgan fingerprint density at radius 3 is 2.69 bits per heavy atom. The van der Waals surface area contributed by atoms with Gasteiger partial charge in [-0.3, -0.25) is 4.99 Å². The van der Waals surface area contributed by atoms with Crippen molar-refractivity contribution in [3.05, 3.63) is 29.8 Å². The quantitative estimate of drug-likeness (QED) is 0.186. The van der Waals surface area contributed by atoms with Gasteiger partial charge in [-0.25, -0.2) is 0 Å². The maximum absolute atomic E-state index is 9.16. The van der Waals surface area contributed by atoms with Crippen LogP contribution in [0.5, 0.6) is 5.75 Å². The molecule has 1 aromatic rings. The molecule has 0 aromatic heterocycles. The third-order valence-electron chi connectivity index (χ3n) is 4.15. The number of aryl methyl sites for hydroxylation is 1. The molecule has 0 saturated carbocycles.